The van der Waals surface area contributed by atoms with Gasteiger partial charge in [0, 0.05) is 5.41 Å². The maximum atomic E-state index is 8.89. The van der Waals surface area contributed by atoms with Crippen LogP contribution in [0, 0.1) is 0 Å². The number of aliphatic hydroxyl groups is 1. The van der Waals surface area contributed by atoms with Crippen LogP contribution in [0.4, 0.5) is 0 Å². The molecule has 102 valence electrons. The van der Waals surface area contributed by atoms with Crippen molar-refractivity contribution >= 4 is 0 Å². The lowest BCUT2D eigenvalue weighted by molar-refractivity contribution is 0.249. The average Bonchev–Trinajstić information content (AvgIpc) is 2.86. The molecule has 1 N–H and O–H groups in total. The average molecular weight is 262 g/mol. The Morgan fingerprint density at radius 3 is 2.53 bits per heavy atom. The quantitative estimate of drug-likeness (QED) is 0.916. The van der Waals surface area contributed by atoms with E-state index in [1.54, 1.807) is 24.5 Å². The molecular formula is C14H18N2O3. The van der Waals surface area contributed by atoms with Crippen molar-refractivity contribution in [1.29, 1.82) is 0 Å². The molecule has 2 aromatic heterocycles. The molecule has 0 spiro atoms. The monoisotopic (exact) mass is 262 g/mol. The zero-order chi connectivity index (χ0) is 13.9. The highest BCUT2D eigenvalue weighted by molar-refractivity contribution is 5.19. The van der Waals surface area contributed by atoms with Crippen molar-refractivity contribution in [1.82, 2.24) is 9.97 Å². The molecule has 0 aliphatic rings. The fourth-order valence-corrected chi connectivity index (χ4v) is 1.46. The van der Waals surface area contributed by atoms with Crippen LogP contribution >= 0.6 is 0 Å². The molecule has 0 fully saturated rings. The van der Waals surface area contributed by atoms with E-state index in [2.05, 4.69) is 30.7 Å². The highest BCUT2D eigenvalue weighted by Crippen LogP contribution is 2.23. The van der Waals surface area contributed by atoms with E-state index in [4.69, 9.17) is 14.3 Å². The van der Waals surface area contributed by atoms with Crippen LogP contribution in [0.2, 0.25) is 0 Å². The molecule has 0 saturated carbocycles. The summed E-state index contributed by atoms with van der Waals surface area (Å²) in [5.74, 6) is 1.99. The normalized spacial score (nSPS) is 11.6. The van der Waals surface area contributed by atoms with Crippen LogP contribution in [0.15, 0.2) is 28.9 Å². The second kappa shape index (κ2) is 5.40. The summed E-state index contributed by atoms with van der Waals surface area (Å²) in [7, 11) is 0. The molecule has 2 aromatic rings. The fourth-order valence-electron chi connectivity index (χ4n) is 1.46. The van der Waals surface area contributed by atoms with Gasteiger partial charge in [0.1, 0.15) is 11.5 Å². The van der Waals surface area contributed by atoms with E-state index in [0.717, 1.165) is 5.76 Å². The van der Waals surface area contributed by atoms with Crippen molar-refractivity contribution in [2.24, 2.45) is 0 Å². The molecule has 0 saturated heterocycles. The number of rotatable bonds is 4. The summed E-state index contributed by atoms with van der Waals surface area (Å²) in [6.07, 6.45) is 3.30. The Balaban J connectivity index is 1.96. The Hall–Kier alpha value is -1.88. The van der Waals surface area contributed by atoms with Gasteiger partial charge in [-0.25, -0.2) is 4.98 Å². The molecule has 0 radical (unpaired) electrons. The summed E-state index contributed by atoms with van der Waals surface area (Å²) in [4.78, 5) is 8.21. The predicted octanol–water partition coefficient (Wildman–Crippen LogP) is 2.44. The minimum Gasteiger partial charge on any atom is -0.482 e. The summed E-state index contributed by atoms with van der Waals surface area (Å²) in [5.41, 5.74) is 0.550. The van der Waals surface area contributed by atoms with Gasteiger partial charge in [0.05, 0.1) is 24.7 Å². The van der Waals surface area contributed by atoms with Crippen LogP contribution in [0.3, 0.4) is 0 Å². The predicted molar refractivity (Wildman–Crippen MR) is 69.7 cm³/mol. The Morgan fingerprint density at radius 2 is 2.00 bits per heavy atom. The largest absolute Gasteiger partial charge is 0.482 e. The molecule has 0 aliphatic heterocycles. The SMILES string of the molecule is CC(C)(C)c1cnc(COc2ccc(CO)nc2)o1. The number of nitrogens with zero attached hydrogens (tertiary/aromatic N) is 2. The molecule has 0 atom stereocenters. The molecular weight excluding hydrogens is 244 g/mol. The topological polar surface area (TPSA) is 68.4 Å². The van der Waals surface area contributed by atoms with Crippen molar-refractivity contribution in [2.75, 3.05) is 0 Å². The first-order valence-electron chi connectivity index (χ1n) is 6.13. The fraction of sp³-hybridized carbons (Fsp3) is 0.429. The lowest BCUT2D eigenvalue weighted by atomic mass is 9.94. The highest BCUT2D eigenvalue weighted by Gasteiger charge is 2.19. The lowest BCUT2D eigenvalue weighted by Gasteiger charge is -2.13. The van der Waals surface area contributed by atoms with Crippen LogP contribution in [-0.4, -0.2) is 15.1 Å². The number of aliphatic hydroxyl groups excluding tert-OH is 1. The Labute approximate surface area is 112 Å². The molecule has 5 heteroatoms. The van der Waals surface area contributed by atoms with Gasteiger partial charge in [0.2, 0.25) is 5.89 Å². The van der Waals surface area contributed by atoms with E-state index in [-0.39, 0.29) is 18.6 Å². The molecule has 2 rings (SSSR count). The van der Waals surface area contributed by atoms with Gasteiger partial charge >= 0.3 is 0 Å². The Kier molecular flexibility index (Phi) is 3.85. The summed E-state index contributed by atoms with van der Waals surface area (Å²) in [5, 5.41) is 8.89. The van der Waals surface area contributed by atoms with Gasteiger partial charge in [-0.3, -0.25) is 4.98 Å². The van der Waals surface area contributed by atoms with Crippen molar-refractivity contribution < 1.29 is 14.3 Å². The van der Waals surface area contributed by atoms with Crippen LogP contribution in [0.25, 0.3) is 0 Å². The molecule has 5 nitrogen and oxygen atoms in total. The van der Waals surface area contributed by atoms with Crippen molar-refractivity contribution in [2.45, 2.75) is 39.4 Å². The Morgan fingerprint density at radius 1 is 1.21 bits per heavy atom. The molecule has 0 aliphatic carbocycles. The van der Waals surface area contributed by atoms with E-state index in [1.165, 1.54) is 0 Å². The first-order valence-corrected chi connectivity index (χ1v) is 6.13. The zero-order valence-corrected chi connectivity index (χ0v) is 11.4. The summed E-state index contributed by atoms with van der Waals surface area (Å²) in [6, 6.07) is 3.47. The first-order chi connectivity index (χ1) is 8.99. The standard InChI is InChI=1S/C14H18N2O3/c1-14(2,3)12-7-16-13(19-12)9-18-11-5-4-10(8-17)15-6-11/h4-7,17H,8-9H2,1-3H3. The molecule has 0 aromatic carbocycles. The number of aromatic nitrogens is 2. The first kappa shape index (κ1) is 13.5. The van der Waals surface area contributed by atoms with E-state index < -0.39 is 0 Å². The maximum Gasteiger partial charge on any atom is 0.232 e. The van der Waals surface area contributed by atoms with Gasteiger partial charge in [-0.15, -0.1) is 0 Å². The third-order valence-electron chi connectivity index (χ3n) is 2.61. The van der Waals surface area contributed by atoms with Crippen molar-refractivity contribution in [3.05, 3.63) is 41.9 Å². The molecule has 2 heterocycles. The van der Waals surface area contributed by atoms with Gasteiger partial charge in [-0.2, -0.15) is 0 Å². The number of pyridine rings is 1. The minimum absolute atomic E-state index is 0.0599. The van der Waals surface area contributed by atoms with Crippen LogP contribution in [0.5, 0.6) is 5.75 Å². The smallest absolute Gasteiger partial charge is 0.232 e. The minimum atomic E-state index is -0.0744. The van der Waals surface area contributed by atoms with E-state index >= 15 is 0 Å². The van der Waals surface area contributed by atoms with Gasteiger partial charge in [0.25, 0.3) is 0 Å². The van der Waals surface area contributed by atoms with Gasteiger partial charge < -0.3 is 14.3 Å². The second-order valence-corrected chi connectivity index (χ2v) is 5.30. The maximum absolute atomic E-state index is 8.89. The molecule has 0 unspecified atom stereocenters. The van der Waals surface area contributed by atoms with Crippen molar-refractivity contribution in [3.8, 4) is 5.75 Å². The number of hydrogen-bond donors (Lipinski definition) is 1. The van der Waals surface area contributed by atoms with E-state index in [9.17, 15) is 0 Å². The third kappa shape index (κ3) is 3.54. The van der Waals surface area contributed by atoms with Crippen LogP contribution in [0.1, 0.15) is 38.1 Å². The van der Waals surface area contributed by atoms with Gasteiger partial charge in [-0.05, 0) is 12.1 Å². The van der Waals surface area contributed by atoms with Crippen LogP contribution in [-0.2, 0) is 18.6 Å². The number of ether oxygens (including phenoxy) is 1. The number of hydrogen-bond acceptors (Lipinski definition) is 5. The molecule has 0 bridgehead atoms. The zero-order valence-electron chi connectivity index (χ0n) is 11.4. The van der Waals surface area contributed by atoms with Crippen molar-refractivity contribution in [3.63, 3.8) is 0 Å². The third-order valence-corrected chi connectivity index (χ3v) is 2.61. The second-order valence-electron chi connectivity index (χ2n) is 5.30. The number of oxazole rings is 1. The van der Waals surface area contributed by atoms with Crippen LogP contribution < -0.4 is 4.74 Å². The summed E-state index contributed by atoms with van der Waals surface area (Å²) in [6.45, 7) is 6.38. The van der Waals surface area contributed by atoms with Gasteiger partial charge in [0.15, 0.2) is 6.61 Å². The molecule has 0 amide bonds. The summed E-state index contributed by atoms with van der Waals surface area (Å²) >= 11 is 0. The van der Waals surface area contributed by atoms with E-state index in [1.807, 2.05) is 0 Å². The highest BCUT2D eigenvalue weighted by atomic mass is 16.5. The lowest BCUT2D eigenvalue weighted by Crippen LogP contribution is -2.09. The summed E-state index contributed by atoms with van der Waals surface area (Å²) < 4.78 is 11.1. The van der Waals surface area contributed by atoms with E-state index in [0.29, 0.717) is 17.3 Å². The van der Waals surface area contributed by atoms with Gasteiger partial charge in [-0.1, -0.05) is 20.8 Å². The Bertz CT molecular complexity index is 526. The molecule has 19 heavy (non-hydrogen) atoms.